The standard InChI is InChI=1S/C23H27.C12H7Si.2ClH.Zr/c1-5-9-17-14-19-12-13-20(16(3)4)23(22(19)15-17)21-11-8-7-10-18(21)6-2;1-3-7-11-9(5-1)10-6-2-4-8-12(10)13-11;;;/h7-8,10-16H,5-6,9H2,1-4H3;1-7H;2*1H;/q2*-1;;;+4/p-2. The molecule has 6 rings (SSSR count). The van der Waals surface area contributed by atoms with Crippen molar-refractivity contribution < 1.29 is 20.8 Å². The third-order valence-corrected chi connectivity index (χ3v) is 8.51. The second-order valence-electron chi connectivity index (χ2n) is 10.0. The van der Waals surface area contributed by atoms with Crippen molar-refractivity contribution >= 4 is 47.7 Å². The molecule has 0 aromatic heterocycles. The largest absolute Gasteiger partial charge is 0.184 e. The Morgan fingerprint density at radius 3 is 2.28 bits per heavy atom. The van der Waals surface area contributed by atoms with Crippen LogP contribution >= 0.6 is 17.0 Å². The molecule has 0 bridgehead atoms. The van der Waals surface area contributed by atoms with Gasteiger partial charge in [-0.15, -0.1) is 40.1 Å². The van der Waals surface area contributed by atoms with E-state index in [9.17, 15) is 0 Å². The Kier molecular flexibility index (Phi) is 11.4. The first-order valence-corrected chi connectivity index (χ1v) is 21.0. The van der Waals surface area contributed by atoms with Crippen LogP contribution in [0.1, 0.15) is 56.7 Å². The van der Waals surface area contributed by atoms with Gasteiger partial charge in [-0.05, 0) is 29.9 Å². The molecule has 1 aliphatic rings. The summed E-state index contributed by atoms with van der Waals surface area (Å²) in [4.78, 5) is 0. The Morgan fingerprint density at radius 2 is 1.56 bits per heavy atom. The maximum absolute atomic E-state index is 4.93. The SMILES string of the molecule is CCCc1cc2c(-c3ccccc3CC)c(C(C)C)ccc2[cH-]1.[Cl][Zr+2][Cl].[c-]1cccc2c1[Si]c1ccccc1-2. The zero-order chi connectivity index (χ0) is 27.8. The van der Waals surface area contributed by atoms with E-state index in [-0.39, 0.29) is 0 Å². The molecule has 5 aromatic carbocycles. The number of halogens is 2. The van der Waals surface area contributed by atoms with Gasteiger partial charge < -0.3 is 0 Å². The third kappa shape index (κ3) is 7.09. The minimum atomic E-state index is -0.826. The molecule has 5 aromatic rings. The molecular formula is C35H34Cl2SiZr. The van der Waals surface area contributed by atoms with E-state index in [2.05, 4.69) is 119 Å². The molecule has 0 spiro atoms. The first-order chi connectivity index (χ1) is 19.0. The summed E-state index contributed by atoms with van der Waals surface area (Å²) in [7, 11) is 10.7. The van der Waals surface area contributed by atoms with Gasteiger partial charge in [-0.1, -0.05) is 105 Å². The zero-order valence-corrected chi connectivity index (χ0v) is 28.1. The molecule has 0 saturated heterocycles. The molecule has 4 heteroatoms. The topological polar surface area (TPSA) is 0 Å². The van der Waals surface area contributed by atoms with Crippen molar-refractivity contribution in [2.24, 2.45) is 0 Å². The predicted octanol–water partition coefficient (Wildman–Crippen LogP) is 9.36. The summed E-state index contributed by atoms with van der Waals surface area (Å²) in [6.45, 7) is 9.11. The summed E-state index contributed by atoms with van der Waals surface area (Å²) in [6, 6.07) is 36.5. The molecule has 0 saturated carbocycles. The van der Waals surface area contributed by atoms with Crippen LogP contribution in [0, 0.1) is 6.07 Å². The van der Waals surface area contributed by atoms with E-state index in [0.29, 0.717) is 5.92 Å². The summed E-state index contributed by atoms with van der Waals surface area (Å²) in [5, 5.41) is 5.64. The number of aryl methyl sites for hydroxylation is 2. The molecular weight excluding hydrogens is 611 g/mol. The van der Waals surface area contributed by atoms with Crippen LogP contribution in [0.25, 0.3) is 33.0 Å². The fraction of sp³-hybridized carbons (Fsp3) is 0.229. The van der Waals surface area contributed by atoms with Crippen molar-refractivity contribution in [3.63, 3.8) is 0 Å². The molecule has 0 N–H and O–H groups in total. The van der Waals surface area contributed by atoms with E-state index in [1.165, 1.54) is 72.9 Å². The summed E-state index contributed by atoms with van der Waals surface area (Å²) in [6.07, 6.45) is 3.45. The summed E-state index contributed by atoms with van der Waals surface area (Å²) >= 11 is -0.826. The van der Waals surface area contributed by atoms with Crippen molar-refractivity contribution in [2.45, 2.75) is 52.9 Å². The van der Waals surface area contributed by atoms with Gasteiger partial charge in [-0.3, -0.25) is 0 Å². The smallest absolute Gasteiger partial charge is 0.0920 e. The van der Waals surface area contributed by atoms with Crippen molar-refractivity contribution in [1.82, 2.24) is 0 Å². The minimum Gasteiger partial charge on any atom is -0.184 e. The van der Waals surface area contributed by atoms with Gasteiger partial charge in [0.1, 0.15) is 0 Å². The second-order valence-corrected chi connectivity index (χ2v) is 15.0. The molecule has 1 heterocycles. The first kappa shape index (κ1) is 30.1. The van der Waals surface area contributed by atoms with Gasteiger partial charge in [0.25, 0.3) is 0 Å². The van der Waals surface area contributed by atoms with E-state index < -0.39 is 20.8 Å². The quantitative estimate of drug-likeness (QED) is 0.130. The van der Waals surface area contributed by atoms with Gasteiger partial charge in [0.15, 0.2) is 0 Å². The number of hydrogen-bond donors (Lipinski definition) is 0. The fourth-order valence-electron chi connectivity index (χ4n) is 5.37. The number of rotatable bonds is 5. The van der Waals surface area contributed by atoms with Crippen LogP contribution in [0.5, 0.6) is 0 Å². The van der Waals surface area contributed by atoms with Crippen LogP contribution in [0.3, 0.4) is 0 Å². The second kappa shape index (κ2) is 14.7. The van der Waals surface area contributed by atoms with Gasteiger partial charge in [-0.2, -0.15) is 35.5 Å². The summed E-state index contributed by atoms with van der Waals surface area (Å²) < 4.78 is 0. The van der Waals surface area contributed by atoms with Crippen LogP contribution in [-0.4, -0.2) is 9.52 Å². The maximum atomic E-state index is 4.93. The molecule has 1 aliphatic heterocycles. The Labute approximate surface area is 255 Å². The van der Waals surface area contributed by atoms with Crippen LogP contribution in [0.2, 0.25) is 0 Å². The van der Waals surface area contributed by atoms with Crippen LogP contribution in [0.15, 0.2) is 91.0 Å². The van der Waals surface area contributed by atoms with Crippen molar-refractivity contribution in [2.75, 3.05) is 0 Å². The van der Waals surface area contributed by atoms with Crippen molar-refractivity contribution in [3.05, 3.63) is 114 Å². The molecule has 0 aliphatic carbocycles. The molecule has 39 heavy (non-hydrogen) atoms. The zero-order valence-electron chi connectivity index (χ0n) is 23.1. The Bertz CT molecular complexity index is 1480. The Balaban J connectivity index is 0.000000184. The monoisotopic (exact) mass is 642 g/mol. The van der Waals surface area contributed by atoms with Gasteiger partial charge in [0, 0.05) is 0 Å². The molecule has 0 atom stereocenters. The molecule has 196 valence electrons. The van der Waals surface area contributed by atoms with Crippen LogP contribution < -0.4 is 10.4 Å². The average molecular weight is 645 g/mol. The fourth-order valence-corrected chi connectivity index (χ4v) is 6.68. The van der Waals surface area contributed by atoms with Gasteiger partial charge in [0.2, 0.25) is 0 Å². The molecule has 0 fully saturated rings. The first-order valence-electron chi connectivity index (χ1n) is 13.7. The normalized spacial score (nSPS) is 11.2. The van der Waals surface area contributed by atoms with E-state index in [1.807, 2.05) is 6.07 Å². The number of benzene rings is 4. The summed E-state index contributed by atoms with van der Waals surface area (Å²) in [5.74, 6) is 0.531. The third-order valence-electron chi connectivity index (χ3n) is 7.14. The number of fused-ring (bicyclic) bond motifs is 4. The van der Waals surface area contributed by atoms with Gasteiger partial charge in [-0.25, -0.2) is 0 Å². The van der Waals surface area contributed by atoms with Crippen molar-refractivity contribution in [3.8, 4) is 22.3 Å². The Hall–Kier alpha value is -1.83. The molecule has 0 nitrogen and oxygen atoms in total. The molecule has 2 radical (unpaired) electrons. The van der Waals surface area contributed by atoms with Gasteiger partial charge in [0.05, 0.1) is 9.52 Å². The van der Waals surface area contributed by atoms with Gasteiger partial charge >= 0.3 is 37.9 Å². The van der Waals surface area contributed by atoms with E-state index >= 15 is 0 Å². The number of hydrogen-bond acceptors (Lipinski definition) is 0. The molecule has 0 unspecified atom stereocenters. The Morgan fingerprint density at radius 1 is 0.872 bits per heavy atom. The van der Waals surface area contributed by atoms with E-state index in [1.54, 1.807) is 0 Å². The predicted molar refractivity (Wildman–Crippen MR) is 170 cm³/mol. The van der Waals surface area contributed by atoms with Crippen LogP contribution in [0.4, 0.5) is 0 Å². The molecule has 0 amide bonds. The van der Waals surface area contributed by atoms with E-state index in [0.717, 1.165) is 15.9 Å². The summed E-state index contributed by atoms with van der Waals surface area (Å²) in [5.41, 5.74) is 10.0. The minimum absolute atomic E-state index is 0.531. The average Bonchev–Trinajstić information content (AvgIpc) is 3.54. The maximum Gasteiger partial charge on any atom is 0.0920 e. The van der Waals surface area contributed by atoms with Crippen LogP contribution in [-0.2, 0) is 33.7 Å². The van der Waals surface area contributed by atoms with E-state index in [4.69, 9.17) is 17.0 Å². The van der Waals surface area contributed by atoms with Crippen molar-refractivity contribution in [1.29, 1.82) is 0 Å².